The quantitative estimate of drug-likeness (QED) is 0.681. The van der Waals surface area contributed by atoms with Crippen LogP contribution in [0.3, 0.4) is 0 Å². The summed E-state index contributed by atoms with van der Waals surface area (Å²) in [6.07, 6.45) is 6.68. The van der Waals surface area contributed by atoms with Crippen molar-refractivity contribution in [3.05, 3.63) is 0 Å². The first-order valence-corrected chi connectivity index (χ1v) is 4.71. The van der Waals surface area contributed by atoms with Crippen molar-refractivity contribution in [3.63, 3.8) is 0 Å². The number of carbonyl (C=O) groups excluding carboxylic acids is 2. The number of amides is 3. The van der Waals surface area contributed by atoms with Gasteiger partial charge in [-0.15, -0.1) is 12.3 Å². The lowest BCUT2D eigenvalue weighted by Crippen LogP contribution is -2.42. The van der Waals surface area contributed by atoms with Gasteiger partial charge in [0, 0.05) is 6.42 Å². The number of primary amides is 1. The highest BCUT2D eigenvalue weighted by atomic mass is 16.6. The second kappa shape index (κ2) is 4.22. The fourth-order valence-corrected chi connectivity index (χ4v) is 1.50. The lowest BCUT2D eigenvalue weighted by atomic mass is 9.96. The molecule has 0 spiro atoms. The van der Waals surface area contributed by atoms with Gasteiger partial charge in [0.2, 0.25) is 0 Å². The molecule has 1 aliphatic carbocycles. The minimum absolute atomic E-state index is 0.284. The summed E-state index contributed by atoms with van der Waals surface area (Å²) >= 11 is 0. The van der Waals surface area contributed by atoms with Gasteiger partial charge in [-0.25, -0.2) is 14.9 Å². The molecule has 1 aliphatic rings. The summed E-state index contributed by atoms with van der Waals surface area (Å²) in [6.45, 7) is 1.77. The normalized spacial score (nSPS) is 18.4. The lowest BCUT2D eigenvalue weighted by Gasteiger charge is -2.27. The molecule has 0 bridgehead atoms. The summed E-state index contributed by atoms with van der Waals surface area (Å²) in [5.74, 6) is 2.75. The molecule has 0 heterocycles. The van der Waals surface area contributed by atoms with Gasteiger partial charge in [-0.05, 0) is 25.7 Å². The summed E-state index contributed by atoms with van der Waals surface area (Å²) in [5.41, 5.74) is 4.10. The van der Waals surface area contributed by atoms with Crippen LogP contribution in [0.2, 0.25) is 0 Å². The molecular formula is C10H14N2O3. The van der Waals surface area contributed by atoms with Gasteiger partial charge >= 0.3 is 12.1 Å². The average molecular weight is 210 g/mol. The molecule has 0 aromatic rings. The number of rotatable bonds is 3. The molecule has 1 rings (SSSR count). The highest BCUT2D eigenvalue weighted by Gasteiger charge is 2.44. The molecular weight excluding hydrogens is 196 g/mol. The van der Waals surface area contributed by atoms with Crippen LogP contribution >= 0.6 is 0 Å². The summed E-state index contributed by atoms with van der Waals surface area (Å²) < 4.78 is 5.12. The first-order valence-electron chi connectivity index (χ1n) is 4.71. The van der Waals surface area contributed by atoms with Crippen LogP contribution in [0.25, 0.3) is 0 Å². The number of terminal acetylenes is 1. The van der Waals surface area contributed by atoms with Crippen molar-refractivity contribution in [2.45, 2.75) is 31.8 Å². The molecule has 0 aliphatic heterocycles. The van der Waals surface area contributed by atoms with E-state index in [-0.39, 0.29) is 5.92 Å². The molecule has 15 heavy (non-hydrogen) atoms. The standard InChI is InChI=1S/C10H14N2O3/c1-3-6-10(2,7-4-5-7)15-9(14)12-8(11)13/h1,7H,4-6H2,2H3,(H3,11,12,13,14). The fourth-order valence-electron chi connectivity index (χ4n) is 1.50. The molecule has 0 aromatic heterocycles. The van der Waals surface area contributed by atoms with Crippen molar-refractivity contribution in [1.29, 1.82) is 0 Å². The van der Waals surface area contributed by atoms with Gasteiger partial charge in [-0.3, -0.25) is 0 Å². The van der Waals surface area contributed by atoms with Gasteiger partial charge in [0.05, 0.1) is 0 Å². The summed E-state index contributed by atoms with van der Waals surface area (Å²) in [7, 11) is 0. The third kappa shape index (κ3) is 3.17. The average Bonchev–Trinajstić information content (AvgIpc) is 2.83. The Labute approximate surface area is 88.3 Å². The number of carbonyl (C=O) groups is 2. The fraction of sp³-hybridized carbons (Fsp3) is 0.600. The van der Waals surface area contributed by atoms with E-state index >= 15 is 0 Å². The molecule has 0 saturated heterocycles. The predicted molar refractivity (Wildman–Crippen MR) is 53.8 cm³/mol. The van der Waals surface area contributed by atoms with Crippen LogP contribution in [-0.4, -0.2) is 17.7 Å². The third-order valence-electron chi connectivity index (χ3n) is 2.45. The highest BCUT2D eigenvalue weighted by molar-refractivity contribution is 5.89. The Bertz CT molecular complexity index is 317. The van der Waals surface area contributed by atoms with Gasteiger partial charge in [-0.2, -0.15) is 0 Å². The van der Waals surface area contributed by atoms with Crippen molar-refractivity contribution in [2.24, 2.45) is 11.7 Å². The SMILES string of the molecule is C#CCC(C)(OC(=O)NC(N)=O)C1CC1. The Morgan fingerprint density at radius 3 is 2.67 bits per heavy atom. The van der Waals surface area contributed by atoms with Crippen molar-refractivity contribution in [2.75, 3.05) is 0 Å². The van der Waals surface area contributed by atoms with Crippen LogP contribution in [0, 0.1) is 18.3 Å². The van der Waals surface area contributed by atoms with Gasteiger partial charge in [0.15, 0.2) is 0 Å². The molecule has 5 nitrogen and oxygen atoms in total. The minimum Gasteiger partial charge on any atom is -0.442 e. The molecule has 0 aromatic carbocycles. The van der Waals surface area contributed by atoms with Crippen LogP contribution < -0.4 is 11.1 Å². The van der Waals surface area contributed by atoms with E-state index in [1.165, 1.54) is 0 Å². The molecule has 0 radical (unpaired) electrons. The Morgan fingerprint density at radius 1 is 1.67 bits per heavy atom. The smallest absolute Gasteiger partial charge is 0.415 e. The van der Waals surface area contributed by atoms with E-state index in [9.17, 15) is 9.59 Å². The summed E-state index contributed by atoms with van der Waals surface area (Å²) in [5, 5.41) is 1.85. The zero-order valence-corrected chi connectivity index (χ0v) is 8.58. The van der Waals surface area contributed by atoms with E-state index < -0.39 is 17.7 Å². The molecule has 5 heteroatoms. The van der Waals surface area contributed by atoms with Crippen molar-refractivity contribution in [3.8, 4) is 12.3 Å². The van der Waals surface area contributed by atoms with Crippen molar-refractivity contribution < 1.29 is 14.3 Å². The Hall–Kier alpha value is -1.70. The Kier molecular flexibility index (Phi) is 3.20. The van der Waals surface area contributed by atoms with Crippen LogP contribution in [0.5, 0.6) is 0 Å². The number of nitrogens with one attached hydrogen (secondary N) is 1. The first kappa shape index (κ1) is 11.4. The number of urea groups is 1. The van der Waals surface area contributed by atoms with Crippen LogP contribution in [0.4, 0.5) is 9.59 Å². The zero-order valence-electron chi connectivity index (χ0n) is 8.58. The number of imide groups is 1. The van der Waals surface area contributed by atoms with Crippen LogP contribution in [-0.2, 0) is 4.74 Å². The van der Waals surface area contributed by atoms with Crippen LogP contribution in [0.1, 0.15) is 26.2 Å². The summed E-state index contributed by atoms with van der Waals surface area (Å²) in [6, 6.07) is -0.932. The van der Waals surface area contributed by atoms with E-state index in [0.717, 1.165) is 12.8 Å². The first-order chi connectivity index (χ1) is 6.98. The minimum atomic E-state index is -0.932. The van der Waals surface area contributed by atoms with Gasteiger partial charge in [0.25, 0.3) is 0 Å². The van der Waals surface area contributed by atoms with E-state index in [0.29, 0.717) is 6.42 Å². The molecule has 82 valence electrons. The lowest BCUT2D eigenvalue weighted by molar-refractivity contribution is 0.0137. The van der Waals surface area contributed by atoms with E-state index in [1.54, 1.807) is 6.92 Å². The largest absolute Gasteiger partial charge is 0.442 e. The van der Waals surface area contributed by atoms with E-state index in [1.807, 2.05) is 5.32 Å². The van der Waals surface area contributed by atoms with Gasteiger partial charge in [0.1, 0.15) is 5.60 Å². The maximum Gasteiger partial charge on any atom is 0.415 e. The van der Waals surface area contributed by atoms with E-state index in [4.69, 9.17) is 16.9 Å². The van der Waals surface area contributed by atoms with Crippen LogP contribution in [0.15, 0.2) is 0 Å². The van der Waals surface area contributed by atoms with Crippen molar-refractivity contribution in [1.82, 2.24) is 5.32 Å². The molecule has 3 amide bonds. The number of hydrogen-bond donors (Lipinski definition) is 2. The third-order valence-corrected chi connectivity index (χ3v) is 2.45. The molecule has 1 unspecified atom stereocenters. The number of ether oxygens (including phenoxy) is 1. The Balaban J connectivity index is 2.55. The predicted octanol–water partition coefficient (Wildman–Crippen LogP) is 0.983. The Morgan fingerprint density at radius 2 is 2.27 bits per heavy atom. The molecule has 1 fully saturated rings. The maximum absolute atomic E-state index is 11.2. The number of alkyl carbamates (subject to hydrolysis) is 1. The number of nitrogens with two attached hydrogens (primary N) is 1. The van der Waals surface area contributed by atoms with E-state index in [2.05, 4.69) is 5.92 Å². The second-order valence-corrected chi connectivity index (χ2v) is 3.85. The number of hydrogen-bond acceptors (Lipinski definition) is 3. The molecule has 1 atom stereocenters. The highest BCUT2D eigenvalue weighted by Crippen LogP contribution is 2.43. The van der Waals surface area contributed by atoms with Gasteiger partial charge < -0.3 is 10.5 Å². The molecule has 1 saturated carbocycles. The maximum atomic E-state index is 11.2. The molecule has 3 N–H and O–H groups in total. The monoisotopic (exact) mass is 210 g/mol. The van der Waals surface area contributed by atoms with Gasteiger partial charge in [-0.1, -0.05) is 0 Å². The van der Waals surface area contributed by atoms with Crippen molar-refractivity contribution >= 4 is 12.1 Å². The summed E-state index contributed by atoms with van der Waals surface area (Å²) in [4.78, 5) is 21.6. The zero-order chi connectivity index (χ0) is 11.5. The second-order valence-electron chi connectivity index (χ2n) is 3.85. The topological polar surface area (TPSA) is 81.4 Å².